The molecule has 2 aromatic rings. The Hall–Kier alpha value is -2.37. The van der Waals surface area contributed by atoms with E-state index in [1.54, 1.807) is 12.0 Å². The molecule has 138 valence electrons. The number of ether oxygens (including phenoxy) is 1. The first-order valence-electron chi connectivity index (χ1n) is 9.29. The van der Waals surface area contributed by atoms with Gasteiger partial charge in [-0.1, -0.05) is 42.0 Å². The van der Waals surface area contributed by atoms with Gasteiger partial charge in [0.15, 0.2) is 6.54 Å². The van der Waals surface area contributed by atoms with Gasteiger partial charge < -0.3 is 19.9 Å². The van der Waals surface area contributed by atoms with E-state index in [0.717, 1.165) is 38.4 Å². The van der Waals surface area contributed by atoms with Crippen molar-refractivity contribution in [1.29, 1.82) is 0 Å². The normalized spacial score (nSPS) is 19.8. The molecule has 0 spiro atoms. The van der Waals surface area contributed by atoms with Crippen molar-refractivity contribution < 1.29 is 19.3 Å². The van der Waals surface area contributed by atoms with E-state index in [9.17, 15) is 4.79 Å². The molecule has 1 aliphatic rings. The summed E-state index contributed by atoms with van der Waals surface area (Å²) in [5.74, 6) is 0.745. The first-order chi connectivity index (χ1) is 12.6. The van der Waals surface area contributed by atoms with Gasteiger partial charge in [0, 0.05) is 5.56 Å². The van der Waals surface area contributed by atoms with E-state index in [-0.39, 0.29) is 5.91 Å². The van der Waals surface area contributed by atoms with Crippen LogP contribution in [-0.4, -0.2) is 45.7 Å². The van der Waals surface area contributed by atoms with Crippen LogP contribution in [0.25, 0.3) is 0 Å². The minimum Gasteiger partial charge on any atom is -0.495 e. The number of anilines is 1. The Kier molecular flexibility index (Phi) is 6.26. The quantitative estimate of drug-likeness (QED) is 0.679. The number of piperazine rings is 1. The summed E-state index contributed by atoms with van der Waals surface area (Å²) < 4.78 is 5.29. The fourth-order valence-corrected chi connectivity index (χ4v) is 3.47. The molecule has 1 saturated heterocycles. The first kappa shape index (κ1) is 18.4. The summed E-state index contributed by atoms with van der Waals surface area (Å²) in [6.45, 7) is 7.96. The van der Waals surface area contributed by atoms with Gasteiger partial charge in [0.1, 0.15) is 38.5 Å². The Bertz CT molecular complexity index is 722. The highest BCUT2D eigenvalue weighted by molar-refractivity contribution is 5.92. The molecule has 0 radical (unpaired) electrons. The third-order valence-corrected chi connectivity index (χ3v) is 5.03. The molecule has 1 fully saturated rings. The fraction of sp³-hybridized carbons (Fsp3) is 0.381. The molecule has 26 heavy (non-hydrogen) atoms. The molecular formula is C21H29N3O2+2. The zero-order chi connectivity index (χ0) is 18.4. The predicted molar refractivity (Wildman–Crippen MR) is 103 cm³/mol. The van der Waals surface area contributed by atoms with E-state index in [2.05, 4.69) is 36.5 Å². The van der Waals surface area contributed by atoms with Crippen LogP contribution in [0.5, 0.6) is 5.75 Å². The SMILES string of the molecule is COc1ccccc1NC(=O)C[NH+]1CC[NH+](Cc2ccc(C)cc2)CC1. The highest BCUT2D eigenvalue weighted by atomic mass is 16.5. The predicted octanol–water partition coefficient (Wildman–Crippen LogP) is -0.0743. The zero-order valence-electron chi connectivity index (χ0n) is 15.7. The molecule has 1 amide bonds. The summed E-state index contributed by atoms with van der Waals surface area (Å²) in [5.41, 5.74) is 3.44. The number of nitrogens with one attached hydrogen (secondary N) is 3. The Morgan fingerprint density at radius 1 is 1.00 bits per heavy atom. The lowest BCUT2D eigenvalue weighted by atomic mass is 10.1. The number of methoxy groups -OCH3 is 1. The summed E-state index contributed by atoms with van der Waals surface area (Å²) in [7, 11) is 1.62. The van der Waals surface area contributed by atoms with Crippen molar-refractivity contribution in [3.63, 3.8) is 0 Å². The maximum absolute atomic E-state index is 12.4. The lowest BCUT2D eigenvalue weighted by Crippen LogP contribution is -3.28. The Labute approximate surface area is 155 Å². The van der Waals surface area contributed by atoms with Crippen molar-refractivity contribution >= 4 is 11.6 Å². The number of hydrogen-bond donors (Lipinski definition) is 3. The van der Waals surface area contributed by atoms with E-state index in [1.165, 1.54) is 16.0 Å². The Balaban J connectivity index is 1.44. The highest BCUT2D eigenvalue weighted by Crippen LogP contribution is 2.22. The molecule has 0 aromatic heterocycles. The van der Waals surface area contributed by atoms with Crippen molar-refractivity contribution in [3.8, 4) is 5.75 Å². The van der Waals surface area contributed by atoms with Crippen LogP contribution in [0.15, 0.2) is 48.5 Å². The Morgan fingerprint density at radius 2 is 1.65 bits per heavy atom. The smallest absolute Gasteiger partial charge is 0.279 e. The fourth-order valence-electron chi connectivity index (χ4n) is 3.47. The molecule has 0 bridgehead atoms. The van der Waals surface area contributed by atoms with Crippen LogP contribution in [0.4, 0.5) is 5.69 Å². The third-order valence-electron chi connectivity index (χ3n) is 5.03. The second-order valence-electron chi connectivity index (χ2n) is 7.09. The number of para-hydroxylation sites is 2. The zero-order valence-corrected chi connectivity index (χ0v) is 15.7. The molecule has 3 rings (SSSR count). The standard InChI is InChI=1S/C21H27N3O2/c1-17-7-9-18(10-8-17)15-23-11-13-24(14-12-23)16-21(25)22-19-5-3-4-6-20(19)26-2/h3-10H,11-16H2,1-2H3,(H,22,25)/p+2. The van der Waals surface area contributed by atoms with Crippen LogP contribution in [0.1, 0.15) is 11.1 Å². The maximum Gasteiger partial charge on any atom is 0.279 e. The number of rotatable bonds is 6. The molecule has 0 aliphatic carbocycles. The van der Waals surface area contributed by atoms with Gasteiger partial charge in [-0.25, -0.2) is 0 Å². The number of amides is 1. The minimum absolute atomic E-state index is 0.0477. The highest BCUT2D eigenvalue weighted by Gasteiger charge is 2.25. The van der Waals surface area contributed by atoms with Crippen molar-refractivity contribution in [3.05, 3.63) is 59.7 Å². The topological polar surface area (TPSA) is 47.2 Å². The lowest BCUT2D eigenvalue weighted by molar-refractivity contribution is -1.02. The van der Waals surface area contributed by atoms with Crippen LogP contribution < -0.4 is 19.9 Å². The second-order valence-corrected chi connectivity index (χ2v) is 7.09. The van der Waals surface area contributed by atoms with Gasteiger partial charge >= 0.3 is 0 Å². The lowest BCUT2D eigenvalue weighted by Gasteiger charge is -2.29. The van der Waals surface area contributed by atoms with Gasteiger partial charge in [-0.3, -0.25) is 4.79 Å². The summed E-state index contributed by atoms with van der Waals surface area (Å²) in [6, 6.07) is 16.3. The summed E-state index contributed by atoms with van der Waals surface area (Å²) in [6.07, 6.45) is 0. The van der Waals surface area contributed by atoms with Gasteiger partial charge in [-0.05, 0) is 19.1 Å². The molecule has 3 N–H and O–H groups in total. The van der Waals surface area contributed by atoms with Gasteiger partial charge in [-0.2, -0.15) is 0 Å². The van der Waals surface area contributed by atoms with Crippen molar-refractivity contribution in [1.82, 2.24) is 0 Å². The summed E-state index contributed by atoms with van der Waals surface area (Å²) in [4.78, 5) is 15.3. The number of hydrogen-bond acceptors (Lipinski definition) is 2. The molecule has 1 aliphatic heterocycles. The molecule has 1 heterocycles. The van der Waals surface area contributed by atoms with Crippen molar-refractivity contribution in [2.75, 3.05) is 45.2 Å². The molecule has 5 heteroatoms. The van der Waals surface area contributed by atoms with E-state index < -0.39 is 0 Å². The third kappa shape index (κ3) is 5.07. The number of carbonyl (C=O) groups is 1. The maximum atomic E-state index is 12.4. The van der Waals surface area contributed by atoms with Crippen LogP contribution in [0.2, 0.25) is 0 Å². The van der Waals surface area contributed by atoms with E-state index in [4.69, 9.17) is 4.74 Å². The van der Waals surface area contributed by atoms with E-state index in [1.807, 2.05) is 24.3 Å². The van der Waals surface area contributed by atoms with Crippen LogP contribution >= 0.6 is 0 Å². The number of quaternary nitrogens is 2. The molecule has 0 unspecified atom stereocenters. The van der Waals surface area contributed by atoms with Crippen LogP contribution in [-0.2, 0) is 11.3 Å². The molecular weight excluding hydrogens is 326 g/mol. The minimum atomic E-state index is 0.0477. The van der Waals surface area contributed by atoms with E-state index in [0.29, 0.717) is 12.3 Å². The molecule has 2 aromatic carbocycles. The Morgan fingerprint density at radius 3 is 2.35 bits per heavy atom. The average Bonchev–Trinajstić information content (AvgIpc) is 2.65. The van der Waals surface area contributed by atoms with Gasteiger partial charge in [-0.15, -0.1) is 0 Å². The van der Waals surface area contributed by atoms with Gasteiger partial charge in [0.2, 0.25) is 0 Å². The van der Waals surface area contributed by atoms with Crippen molar-refractivity contribution in [2.45, 2.75) is 13.5 Å². The number of aryl methyl sites for hydroxylation is 1. The van der Waals surface area contributed by atoms with E-state index >= 15 is 0 Å². The number of carbonyl (C=O) groups excluding carboxylic acids is 1. The second kappa shape index (κ2) is 8.83. The molecule has 5 nitrogen and oxygen atoms in total. The number of benzene rings is 2. The van der Waals surface area contributed by atoms with Crippen LogP contribution in [0.3, 0.4) is 0 Å². The van der Waals surface area contributed by atoms with Crippen molar-refractivity contribution in [2.24, 2.45) is 0 Å². The molecule has 0 atom stereocenters. The summed E-state index contributed by atoms with van der Waals surface area (Å²) >= 11 is 0. The average molecular weight is 355 g/mol. The van der Waals surface area contributed by atoms with Gasteiger partial charge in [0.25, 0.3) is 5.91 Å². The first-order valence-corrected chi connectivity index (χ1v) is 9.29. The molecule has 0 saturated carbocycles. The van der Waals surface area contributed by atoms with Gasteiger partial charge in [0.05, 0.1) is 12.8 Å². The monoisotopic (exact) mass is 355 g/mol. The summed E-state index contributed by atoms with van der Waals surface area (Å²) in [5, 5.41) is 2.97. The largest absolute Gasteiger partial charge is 0.495 e. The van der Waals surface area contributed by atoms with Crippen LogP contribution in [0, 0.1) is 6.92 Å².